The Labute approximate surface area is 121 Å². The Morgan fingerprint density at radius 1 is 1.29 bits per heavy atom. The zero-order valence-corrected chi connectivity index (χ0v) is 11.6. The second-order valence-electron chi connectivity index (χ2n) is 5.58. The molecule has 2 atom stereocenters. The summed E-state index contributed by atoms with van der Waals surface area (Å²) in [6.07, 6.45) is 1.97. The van der Waals surface area contributed by atoms with E-state index >= 15 is 0 Å². The first kappa shape index (κ1) is 14.0. The molecule has 2 unspecified atom stereocenters. The summed E-state index contributed by atoms with van der Waals surface area (Å²) >= 11 is 0. The molecule has 0 amide bonds. The van der Waals surface area contributed by atoms with Gasteiger partial charge in [0, 0.05) is 23.7 Å². The number of hydrogen-bond acceptors (Lipinski definition) is 4. The molecule has 1 fully saturated rings. The van der Waals surface area contributed by atoms with Gasteiger partial charge in [-0.15, -0.1) is 0 Å². The molecule has 2 aliphatic rings. The minimum absolute atomic E-state index is 0.0701. The summed E-state index contributed by atoms with van der Waals surface area (Å²) in [6.45, 7) is 0.319. The highest BCUT2D eigenvalue weighted by atomic mass is 16.5. The molecule has 6 heteroatoms. The van der Waals surface area contributed by atoms with Crippen LogP contribution in [0.1, 0.15) is 41.7 Å². The zero-order chi connectivity index (χ0) is 15.0. The van der Waals surface area contributed by atoms with E-state index in [1.807, 2.05) is 0 Å². The molecule has 1 aromatic rings. The molecule has 1 aliphatic carbocycles. The Morgan fingerprint density at radius 2 is 2.10 bits per heavy atom. The third-order valence-corrected chi connectivity index (χ3v) is 4.18. The van der Waals surface area contributed by atoms with E-state index in [0.717, 1.165) is 12.1 Å². The first-order valence-electron chi connectivity index (χ1n) is 7.20. The maximum Gasteiger partial charge on any atom is 0.332 e. The number of ketones is 1. The number of pyridine rings is 1. The van der Waals surface area contributed by atoms with Crippen molar-refractivity contribution in [1.82, 2.24) is 4.57 Å². The standard InChI is InChI=1S/C15H17NO5/c17-12-3-1-2-11-10(12)5-7-14(18)16(11)8-9-4-6-13(21-9)15(19)20/h5,7,9,13H,1-4,6,8H2,(H,19,20). The maximum absolute atomic E-state index is 12.1. The average molecular weight is 291 g/mol. The van der Waals surface area contributed by atoms with Crippen LogP contribution in [-0.2, 0) is 22.5 Å². The van der Waals surface area contributed by atoms with Crippen LogP contribution in [0.25, 0.3) is 0 Å². The van der Waals surface area contributed by atoms with E-state index in [1.54, 1.807) is 10.6 Å². The minimum atomic E-state index is -0.963. The van der Waals surface area contributed by atoms with Gasteiger partial charge in [0.15, 0.2) is 11.9 Å². The SMILES string of the molecule is O=C1CCCc2c1ccc(=O)n2CC1CCC(C(=O)O)O1. The summed E-state index contributed by atoms with van der Waals surface area (Å²) in [6, 6.07) is 3.01. The largest absolute Gasteiger partial charge is 0.479 e. The molecule has 1 aliphatic heterocycles. The van der Waals surface area contributed by atoms with Crippen molar-refractivity contribution in [1.29, 1.82) is 0 Å². The summed E-state index contributed by atoms with van der Waals surface area (Å²) in [4.78, 5) is 34.9. The van der Waals surface area contributed by atoms with Gasteiger partial charge in [0.2, 0.25) is 0 Å². The topological polar surface area (TPSA) is 85.6 Å². The number of rotatable bonds is 3. The van der Waals surface area contributed by atoms with Gasteiger partial charge in [0.1, 0.15) is 0 Å². The molecule has 3 rings (SSSR count). The monoisotopic (exact) mass is 291 g/mol. The summed E-state index contributed by atoms with van der Waals surface area (Å²) in [5.74, 6) is -0.893. The first-order valence-corrected chi connectivity index (χ1v) is 7.20. The molecule has 1 saturated heterocycles. The number of fused-ring (bicyclic) bond motifs is 1. The Balaban J connectivity index is 1.86. The lowest BCUT2D eigenvalue weighted by molar-refractivity contribution is -0.149. The molecular formula is C15H17NO5. The minimum Gasteiger partial charge on any atom is -0.479 e. The van der Waals surface area contributed by atoms with E-state index in [-0.39, 0.29) is 17.4 Å². The third-order valence-electron chi connectivity index (χ3n) is 4.18. The van der Waals surface area contributed by atoms with Gasteiger partial charge < -0.3 is 14.4 Å². The van der Waals surface area contributed by atoms with Gasteiger partial charge in [-0.1, -0.05) is 0 Å². The number of carboxylic acid groups (broad SMARTS) is 1. The number of aromatic nitrogens is 1. The highest BCUT2D eigenvalue weighted by molar-refractivity contribution is 5.97. The van der Waals surface area contributed by atoms with Crippen LogP contribution in [0.15, 0.2) is 16.9 Å². The number of ether oxygens (including phenoxy) is 1. The van der Waals surface area contributed by atoms with E-state index in [0.29, 0.717) is 37.8 Å². The zero-order valence-electron chi connectivity index (χ0n) is 11.6. The van der Waals surface area contributed by atoms with Crippen LogP contribution in [0.3, 0.4) is 0 Å². The van der Waals surface area contributed by atoms with Gasteiger partial charge in [-0.25, -0.2) is 4.79 Å². The number of carbonyl (C=O) groups is 2. The number of carbonyl (C=O) groups excluding carboxylic acids is 1. The first-order chi connectivity index (χ1) is 10.1. The van der Waals surface area contributed by atoms with Gasteiger partial charge in [-0.05, 0) is 31.7 Å². The lowest BCUT2D eigenvalue weighted by Crippen LogP contribution is -2.32. The highest BCUT2D eigenvalue weighted by Crippen LogP contribution is 2.24. The fourth-order valence-electron chi connectivity index (χ4n) is 3.12. The van der Waals surface area contributed by atoms with Crippen molar-refractivity contribution < 1.29 is 19.4 Å². The molecule has 21 heavy (non-hydrogen) atoms. The predicted molar refractivity (Wildman–Crippen MR) is 73.5 cm³/mol. The third kappa shape index (κ3) is 2.63. The molecule has 1 N–H and O–H groups in total. The Morgan fingerprint density at radius 3 is 2.81 bits per heavy atom. The summed E-state index contributed by atoms with van der Waals surface area (Å²) < 4.78 is 7.04. The van der Waals surface area contributed by atoms with E-state index in [9.17, 15) is 14.4 Å². The van der Waals surface area contributed by atoms with E-state index in [4.69, 9.17) is 9.84 Å². The van der Waals surface area contributed by atoms with Crippen molar-refractivity contribution in [2.45, 2.75) is 50.9 Å². The average Bonchev–Trinajstić information content (AvgIpc) is 2.91. The molecule has 112 valence electrons. The number of aliphatic carboxylic acids is 1. The molecule has 1 aromatic heterocycles. The highest BCUT2D eigenvalue weighted by Gasteiger charge is 2.31. The van der Waals surface area contributed by atoms with E-state index < -0.39 is 12.1 Å². The smallest absolute Gasteiger partial charge is 0.332 e. The van der Waals surface area contributed by atoms with Gasteiger partial charge in [-0.2, -0.15) is 0 Å². The molecule has 0 saturated carbocycles. The van der Waals surface area contributed by atoms with Crippen molar-refractivity contribution >= 4 is 11.8 Å². The molecule has 0 aromatic carbocycles. The van der Waals surface area contributed by atoms with Crippen LogP contribution < -0.4 is 5.56 Å². The van der Waals surface area contributed by atoms with Crippen molar-refractivity contribution in [3.05, 3.63) is 33.7 Å². The van der Waals surface area contributed by atoms with Gasteiger partial charge >= 0.3 is 5.97 Å². The predicted octanol–water partition coefficient (Wildman–Crippen LogP) is 0.999. The Kier molecular flexibility index (Phi) is 3.63. The summed E-state index contributed by atoms with van der Waals surface area (Å²) in [7, 11) is 0. The second kappa shape index (κ2) is 5.44. The van der Waals surface area contributed by atoms with Crippen molar-refractivity contribution in [2.24, 2.45) is 0 Å². The quantitative estimate of drug-likeness (QED) is 0.898. The second-order valence-corrected chi connectivity index (χ2v) is 5.58. The van der Waals surface area contributed by atoms with Gasteiger partial charge in [0.25, 0.3) is 5.56 Å². The van der Waals surface area contributed by atoms with E-state index in [1.165, 1.54) is 6.07 Å². The van der Waals surface area contributed by atoms with Crippen LogP contribution in [0.4, 0.5) is 0 Å². The lowest BCUT2D eigenvalue weighted by atomic mass is 9.94. The van der Waals surface area contributed by atoms with E-state index in [2.05, 4.69) is 0 Å². The van der Waals surface area contributed by atoms with Crippen LogP contribution in [0.5, 0.6) is 0 Å². The molecule has 0 radical (unpaired) electrons. The number of carboxylic acids is 1. The van der Waals surface area contributed by atoms with Crippen molar-refractivity contribution in [3.8, 4) is 0 Å². The van der Waals surface area contributed by atoms with Crippen molar-refractivity contribution in [3.63, 3.8) is 0 Å². The molecule has 0 bridgehead atoms. The van der Waals surface area contributed by atoms with Crippen molar-refractivity contribution in [2.75, 3.05) is 0 Å². The fraction of sp³-hybridized carbons (Fsp3) is 0.533. The lowest BCUT2D eigenvalue weighted by Gasteiger charge is -2.22. The van der Waals surface area contributed by atoms with Crippen LogP contribution >= 0.6 is 0 Å². The molecule has 2 heterocycles. The van der Waals surface area contributed by atoms with Crippen LogP contribution in [0.2, 0.25) is 0 Å². The fourth-order valence-corrected chi connectivity index (χ4v) is 3.12. The maximum atomic E-state index is 12.1. The van der Waals surface area contributed by atoms with Crippen LogP contribution in [-0.4, -0.2) is 33.6 Å². The normalized spacial score (nSPS) is 24.9. The summed E-state index contributed by atoms with van der Waals surface area (Å²) in [5, 5.41) is 8.94. The van der Waals surface area contributed by atoms with Gasteiger partial charge in [-0.3, -0.25) is 9.59 Å². The Hall–Kier alpha value is -1.95. The Bertz CT molecular complexity index is 648. The number of hydrogen-bond donors (Lipinski definition) is 1. The van der Waals surface area contributed by atoms with Gasteiger partial charge in [0.05, 0.1) is 12.6 Å². The summed E-state index contributed by atoms with van der Waals surface area (Å²) in [5.41, 5.74) is 1.22. The molecule has 6 nitrogen and oxygen atoms in total. The number of Topliss-reactive ketones (excluding diaryl/α,β-unsaturated/α-hetero) is 1. The van der Waals surface area contributed by atoms with Crippen LogP contribution in [0, 0.1) is 0 Å². The molecular weight excluding hydrogens is 274 g/mol. The molecule has 0 spiro atoms. The number of nitrogens with zero attached hydrogens (tertiary/aromatic N) is 1.